The molecule has 3 N–H and O–H groups in total. The molecule has 1 aromatic heterocycles. The van der Waals surface area contributed by atoms with E-state index in [1.807, 2.05) is 0 Å². The van der Waals surface area contributed by atoms with E-state index in [4.69, 9.17) is 5.73 Å². The number of hydrogen-bond donors (Lipinski definition) is 2. The summed E-state index contributed by atoms with van der Waals surface area (Å²) in [6, 6.07) is 3.47. The highest BCUT2D eigenvalue weighted by atomic mass is 16.6. The van der Waals surface area contributed by atoms with E-state index in [1.165, 1.54) is 25.1 Å². The molecule has 0 amide bonds. The normalized spacial score (nSPS) is 24.3. The van der Waals surface area contributed by atoms with E-state index in [0.717, 1.165) is 18.5 Å². The van der Waals surface area contributed by atoms with E-state index in [0.29, 0.717) is 0 Å². The van der Waals surface area contributed by atoms with Crippen molar-refractivity contribution in [3.05, 3.63) is 28.4 Å². The minimum Gasteiger partial charge on any atom is -0.378 e. The summed E-state index contributed by atoms with van der Waals surface area (Å²) in [6.07, 6.45) is 5.90. The first-order valence-corrected chi connectivity index (χ1v) is 5.79. The first kappa shape index (κ1) is 11.8. The maximum absolute atomic E-state index is 10.5. The van der Waals surface area contributed by atoms with Crippen LogP contribution in [0.1, 0.15) is 25.7 Å². The Balaban J connectivity index is 2.00. The fourth-order valence-electron chi connectivity index (χ4n) is 2.13. The van der Waals surface area contributed by atoms with E-state index in [-0.39, 0.29) is 17.9 Å². The highest BCUT2D eigenvalue weighted by molar-refractivity contribution is 5.44. The second-order valence-electron chi connectivity index (χ2n) is 4.36. The number of nitrogens with two attached hydrogens (primary N) is 1. The molecule has 92 valence electrons. The van der Waals surface area contributed by atoms with Gasteiger partial charge in [0.05, 0.1) is 5.69 Å². The van der Waals surface area contributed by atoms with E-state index in [1.54, 1.807) is 6.07 Å². The van der Waals surface area contributed by atoms with Gasteiger partial charge in [-0.25, -0.2) is 0 Å². The van der Waals surface area contributed by atoms with Crippen LogP contribution in [0, 0.1) is 10.1 Å². The Morgan fingerprint density at radius 2 is 2.18 bits per heavy atom. The third-order valence-corrected chi connectivity index (χ3v) is 3.11. The fraction of sp³-hybridized carbons (Fsp3) is 0.545. The molecule has 2 rings (SSSR count). The molecule has 1 aliphatic rings. The zero-order valence-electron chi connectivity index (χ0n) is 9.50. The van der Waals surface area contributed by atoms with Crippen LogP contribution >= 0.6 is 0 Å². The van der Waals surface area contributed by atoms with Crippen molar-refractivity contribution in [3.8, 4) is 0 Å². The molecule has 0 saturated heterocycles. The van der Waals surface area contributed by atoms with Crippen LogP contribution in [0.5, 0.6) is 0 Å². The Kier molecular flexibility index (Phi) is 3.53. The molecule has 1 heterocycles. The first-order chi connectivity index (χ1) is 8.16. The van der Waals surface area contributed by atoms with Gasteiger partial charge in [-0.2, -0.15) is 0 Å². The van der Waals surface area contributed by atoms with Crippen molar-refractivity contribution in [2.24, 2.45) is 5.73 Å². The summed E-state index contributed by atoms with van der Waals surface area (Å²) >= 11 is 0. The molecule has 1 fully saturated rings. The summed E-state index contributed by atoms with van der Waals surface area (Å²) in [4.78, 5) is 13.7. The molecule has 0 radical (unpaired) electrons. The lowest BCUT2D eigenvalue weighted by Crippen LogP contribution is -2.42. The van der Waals surface area contributed by atoms with Crippen LogP contribution in [-0.4, -0.2) is 22.0 Å². The molecule has 1 saturated carbocycles. The average Bonchev–Trinajstić information content (AvgIpc) is 2.33. The first-order valence-electron chi connectivity index (χ1n) is 5.79. The number of nitrogens with one attached hydrogen (secondary N) is 1. The summed E-state index contributed by atoms with van der Waals surface area (Å²) in [7, 11) is 0. The zero-order valence-corrected chi connectivity index (χ0v) is 9.50. The molecule has 0 aromatic carbocycles. The van der Waals surface area contributed by atoms with Gasteiger partial charge in [-0.15, -0.1) is 0 Å². The molecule has 6 nitrogen and oxygen atoms in total. The number of pyridine rings is 1. The Bertz CT molecular complexity index is 393. The summed E-state index contributed by atoms with van der Waals surface area (Å²) < 4.78 is 0. The van der Waals surface area contributed by atoms with Gasteiger partial charge in [0, 0.05) is 18.2 Å². The van der Waals surface area contributed by atoms with Crippen molar-refractivity contribution in [1.82, 2.24) is 4.98 Å². The van der Waals surface area contributed by atoms with Gasteiger partial charge in [-0.1, -0.05) is 12.8 Å². The lowest BCUT2D eigenvalue weighted by atomic mass is 9.91. The van der Waals surface area contributed by atoms with Crippen LogP contribution in [0.2, 0.25) is 0 Å². The van der Waals surface area contributed by atoms with Crippen LogP contribution < -0.4 is 11.1 Å². The number of nitrogens with zero attached hydrogens (tertiary/aromatic N) is 2. The molecule has 1 aliphatic carbocycles. The highest BCUT2D eigenvalue weighted by Gasteiger charge is 2.21. The number of anilines is 1. The van der Waals surface area contributed by atoms with Crippen LogP contribution in [0.4, 0.5) is 11.5 Å². The summed E-state index contributed by atoms with van der Waals surface area (Å²) in [5, 5.41) is 13.7. The van der Waals surface area contributed by atoms with Crippen molar-refractivity contribution < 1.29 is 4.92 Å². The zero-order chi connectivity index (χ0) is 12.3. The van der Waals surface area contributed by atoms with Gasteiger partial charge in [0.2, 0.25) is 0 Å². The molecular formula is C11H16N4O2. The predicted molar refractivity (Wildman–Crippen MR) is 64.7 cm³/mol. The highest BCUT2D eigenvalue weighted by Crippen LogP contribution is 2.21. The van der Waals surface area contributed by atoms with E-state index in [9.17, 15) is 10.1 Å². The quantitative estimate of drug-likeness (QED) is 0.615. The molecule has 2 atom stereocenters. The van der Waals surface area contributed by atoms with Gasteiger partial charge >= 0.3 is 5.82 Å². The second kappa shape index (κ2) is 5.09. The minimum atomic E-state index is -0.504. The molecule has 6 heteroatoms. The maximum Gasteiger partial charge on any atom is 0.363 e. The van der Waals surface area contributed by atoms with Gasteiger partial charge in [-0.3, -0.25) is 0 Å². The molecule has 1 aromatic rings. The number of nitro groups is 1. The summed E-state index contributed by atoms with van der Waals surface area (Å²) in [5.74, 6) is -0.136. The van der Waals surface area contributed by atoms with Crippen molar-refractivity contribution >= 4 is 11.5 Å². The third-order valence-electron chi connectivity index (χ3n) is 3.11. The molecule has 17 heavy (non-hydrogen) atoms. The maximum atomic E-state index is 10.5. The van der Waals surface area contributed by atoms with Crippen LogP contribution in [0.3, 0.4) is 0 Å². The number of rotatable bonds is 3. The van der Waals surface area contributed by atoms with Crippen LogP contribution in [0.25, 0.3) is 0 Å². The van der Waals surface area contributed by atoms with Crippen molar-refractivity contribution in [2.45, 2.75) is 37.8 Å². The van der Waals surface area contributed by atoms with Crippen molar-refractivity contribution in [1.29, 1.82) is 0 Å². The Morgan fingerprint density at radius 3 is 2.76 bits per heavy atom. The predicted octanol–water partition coefficient (Wildman–Crippen LogP) is 1.67. The van der Waals surface area contributed by atoms with Gasteiger partial charge in [-0.05, 0) is 28.8 Å². The topological polar surface area (TPSA) is 94.1 Å². The van der Waals surface area contributed by atoms with Crippen molar-refractivity contribution in [2.75, 3.05) is 5.32 Å². The van der Waals surface area contributed by atoms with Crippen molar-refractivity contribution in [3.63, 3.8) is 0 Å². The van der Waals surface area contributed by atoms with Gasteiger partial charge in [0.1, 0.15) is 0 Å². The van der Waals surface area contributed by atoms with Crippen LogP contribution in [0.15, 0.2) is 18.3 Å². The summed E-state index contributed by atoms with van der Waals surface area (Å²) in [6.45, 7) is 0. The number of aromatic nitrogens is 1. The van der Waals surface area contributed by atoms with Gasteiger partial charge in [0.25, 0.3) is 0 Å². The monoisotopic (exact) mass is 236 g/mol. The molecule has 0 unspecified atom stereocenters. The van der Waals surface area contributed by atoms with E-state index >= 15 is 0 Å². The van der Waals surface area contributed by atoms with E-state index < -0.39 is 4.92 Å². The molecule has 0 aliphatic heterocycles. The van der Waals surface area contributed by atoms with E-state index in [2.05, 4.69) is 10.3 Å². The average molecular weight is 236 g/mol. The molecule has 0 bridgehead atoms. The fourth-order valence-corrected chi connectivity index (χ4v) is 2.13. The Labute approximate surface area is 99.4 Å². The van der Waals surface area contributed by atoms with Gasteiger partial charge < -0.3 is 21.2 Å². The largest absolute Gasteiger partial charge is 0.378 e. The lowest BCUT2D eigenvalue weighted by Gasteiger charge is -2.29. The summed E-state index contributed by atoms with van der Waals surface area (Å²) in [5.41, 5.74) is 6.80. The third kappa shape index (κ3) is 2.91. The smallest absolute Gasteiger partial charge is 0.363 e. The van der Waals surface area contributed by atoms with Crippen LogP contribution in [-0.2, 0) is 0 Å². The minimum absolute atomic E-state index is 0.136. The standard InChI is InChI=1S/C11H16N4O2/c12-9-3-1-2-4-10(9)14-8-5-6-11(13-7-8)15(16)17/h5-7,9-10,14H,1-4,12H2/t9-,10-/m1/s1. The number of hydrogen-bond acceptors (Lipinski definition) is 5. The molecule has 0 spiro atoms. The Morgan fingerprint density at radius 1 is 1.41 bits per heavy atom. The molecular weight excluding hydrogens is 220 g/mol. The Hall–Kier alpha value is -1.69. The SMILES string of the molecule is N[C@@H]1CCCC[C@H]1Nc1ccc([N+](=O)[O-])nc1. The lowest BCUT2D eigenvalue weighted by molar-refractivity contribution is -0.389. The second-order valence-corrected chi connectivity index (χ2v) is 4.36. The van der Waals surface area contributed by atoms with Gasteiger partial charge in [0.15, 0.2) is 6.20 Å².